The molecule has 0 bridgehead atoms. The molecule has 3 aromatic carbocycles. The van der Waals surface area contributed by atoms with E-state index in [0.29, 0.717) is 44.9 Å². The van der Waals surface area contributed by atoms with Gasteiger partial charge in [0.15, 0.2) is 22.8 Å². The van der Waals surface area contributed by atoms with Crippen molar-refractivity contribution < 1.29 is 23.4 Å². The normalized spacial score (nSPS) is 14.7. The SMILES string of the molecule is O=c1c2cc3cc4c(cc3cc2oc2c3c(ccc12)OCO3)OCO4. The summed E-state index contributed by atoms with van der Waals surface area (Å²) >= 11 is 0. The quantitative estimate of drug-likeness (QED) is 0.458. The van der Waals surface area contributed by atoms with Gasteiger partial charge in [0, 0.05) is 0 Å². The Labute approximate surface area is 140 Å². The first-order chi connectivity index (χ1) is 12.3. The summed E-state index contributed by atoms with van der Waals surface area (Å²) in [5, 5.41) is 2.78. The zero-order valence-electron chi connectivity index (χ0n) is 12.8. The fourth-order valence-electron chi connectivity index (χ4n) is 3.41. The lowest BCUT2D eigenvalue weighted by molar-refractivity contribution is 0.173. The molecule has 4 aromatic rings. The molecule has 0 unspecified atom stereocenters. The molecule has 0 saturated carbocycles. The van der Waals surface area contributed by atoms with E-state index < -0.39 is 0 Å². The second-order valence-corrected chi connectivity index (χ2v) is 6.01. The van der Waals surface area contributed by atoms with Gasteiger partial charge < -0.3 is 23.4 Å². The molecule has 0 saturated heterocycles. The Hall–Kier alpha value is -3.41. The maximum absolute atomic E-state index is 13.0. The number of hydrogen-bond donors (Lipinski definition) is 0. The van der Waals surface area contributed by atoms with Crippen molar-refractivity contribution in [3.05, 3.63) is 46.6 Å². The summed E-state index contributed by atoms with van der Waals surface area (Å²) in [6.07, 6.45) is 0. The van der Waals surface area contributed by atoms with Gasteiger partial charge in [0.25, 0.3) is 0 Å². The Morgan fingerprint density at radius 1 is 0.720 bits per heavy atom. The standard InChI is InChI=1S/C19H10O6/c20-17-11-1-2-13-19(24-8-21-13)18(11)25-14-4-10-6-16-15(22-7-23-16)5-9(10)3-12(14)17/h1-6H,7-8H2. The number of ether oxygens (including phenoxy) is 4. The molecule has 6 nitrogen and oxygen atoms in total. The lowest BCUT2D eigenvalue weighted by atomic mass is 10.0. The molecule has 0 atom stereocenters. The highest BCUT2D eigenvalue weighted by atomic mass is 16.7. The molecule has 2 aliphatic heterocycles. The van der Waals surface area contributed by atoms with Gasteiger partial charge in [0.1, 0.15) is 5.58 Å². The van der Waals surface area contributed by atoms with E-state index in [4.69, 9.17) is 23.4 Å². The van der Waals surface area contributed by atoms with E-state index in [1.54, 1.807) is 12.1 Å². The Kier molecular flexibility index (Phi) is 2.26. The second-order valence-electron chi connectivity index (χ2n) is 6.01. The van der Waals surface area contributed by atoms with E-state index >= 15 is 0 Å². The monoisotopic (exact) mass is 334 g/mol. The van der Waals surface area contributed by atoms with E-state index in [0.717, 1.165) is 10.8 Å². The van der Waals surface area contributed by atoms with Gasteiger partial charge in [-0.1, -0.05) is 0 Å². The maximum atomic E-state index is 13.0. The lowest BCUT2D eigenvalue weighted by Gasteiger charge is -2.06. The largest absolute Gasteiger partial charge is 0.454 e. The van der Waals surface area contributed by atoms with Crippen LogP contribution in [-0.2, 0) is 0 Å². The van der Waals surface area contributed by atoms with Crippen LogP contribution >= 0.6 is 0 Å². The average molecular weight is 334 g/mol. The van der Waals surface area contributed by atoms with Crippen molar-refractivity contribution in [1.82, 2.24) is 0 Å². The molecule has 1 aromatic heterocycles. The minimum absolute atomic E-state index is 0.103. The summed E-state index contributed by atoms with van der Waals surface area (Å²) in [5.74, 6) is 2.43. The maximum Gasteiger partial charge on any atom is 0.231 e. The minimum atomic E-state index is -0.103. The highest BCUT2D eigenvalue weighted by Crippen LogP contribution is 2.41. The Balaban J connectivity index is 1.75. The molecule has 0 fully saturated rings. The second kappa shape index (κ2) is 4.36. The molecule has 122 valence electrons. The van der Waals surface area contributed by atoms with E-state index in [1.807, 2.05) is 24.3 Å². The van der Waals surface area contributed by atoms with Gasteiger partial charge in [0.05, 0.1) is 10.8 Å². The fraction of sp³-hybridized carbons (Fsp3) is 0.105. The summed E-state index contributed by atoms with van der Waals surface area (Å²) in [6.45, 7) is 0.326. The van der Waals surface area contributed by atoms with Gasteiger partial charge in [0.2, 0.25) is 24.8 Å². The van der Waals surface area contributed by atoms with E-state index in [9.17, 15) is 4.79 Å². The Morgan fingerprint density at radius 2 is 1.44 bits per heavy atom. The molecule has 2 aliphatic rings. The smallest absolute Gasteiger partial charge is 0.231 e. The highest BCUT2D eigenvalue weighted by molar-refractivity contribution is 6.01. The van der Waals surface area contributed by atoms with Gasteiger partial charge in [-0.05, 0) is 47.2 Å². The van der Waals surface area contributed by atoms with Crippen LogP contribution in [0.3, 0.4) is 0 Å². The highest BCUT2D eigenvalue weighted by Gasteiger charge is 2.22. The Bertz CT molecular complexity index is 1270. The van der Waals surface area contributed by atoms with E-state index in [-0.39, 0.29) is 19.0 Å². The summed E-state index contributed by atoms with van der Waals surface area (Å²) < 4.78 is 27.7. The van der Waals surface area contributed by atoms with Crippen LogP contribution in [-0.4, -0.2) is 13.6 Å². The first-order valence-corrected chi connectivity index (χ1v) is 7.80. The summed E-state index contributed by atoms with van der Waals surface area (Å²) in [4.78, 5) is 13.0. The molecular formula is C19H10O6. The first-order valence-electron chi connectivity index (χ1n) is 7.80. The first kappa shape index (κ1) is 12.9. The minimum Gasteiger partial charge on any atom is -0.454 e. The van der Waals surface area contributed by atoms with Crippen molar-refractivity contribution in [3.8, 4) is 23.0 Å². The third kappa shape index (κ3) is 1.65. The predicted molar refractivity (Wildman–Crippen MR) is 89.7 cm³/mol. The van der Waals surface area contributed by atoms with E-state index in [2.05, 4.69) is 0 Å². The molecule has 0 amide bonds. The van der Waals surface area contributed by atoms with Gasteiger partial charge in [-0.15, -0.1) is 0 Å². The molecule has 0 spiro atoms. The molecule has 6 heteroatoms. The molecule has 25 heavy (non-hydrogen) atoms. The van der Waals surface area contributed by atoms with Crippen molar-refractivity contribution in [1.29, 1.82) is 0 Å². The van der Waals surface area contributed by atoms with Gasteiger partial charge in [-0.2, -0.15) is 0 Å². The molecule has 0 radical (unpaired) electrons. The number of benzene rings is 3. The summed E-state index contributed by atoms with van der Waals surface area (Å²) in [6, 6.07) is 10.9. The van der Waals surface area contributed by atoms with Crippen LogP contribution in [0.25, 0.3) is 32.7 Å². The summed E-state index contributed by atoms with van der Waals surface area (Å²) in [7, 11) is 0. The van der Waals surface area contributed by atoms with Gasteiger partial charge in [-0.3, -0.25) is 4.79 Å². The zero-order valence-corrected chi connectivity index (χ0v) is 12.8. The molecule has 0 aliphatic carbocycles. The fourth-order valence-corrected chi connectivity index (χ4v) is 3.41. The van der Waals surface area contributed by atoms with Crippen LogP contribution in [0.5, 0.6) is 23.0 Å². The van der Waals surface area contributed by atoms with Crippen LogP contribution in [0.2, 0.25) is 0 Å². The van der Waals surface area contributed by atoms with Crippen molar-refractivity contribution in [2.45, 2.75) is 0 Å². The molecule has 3 heterocycles. The molecule has 6 rings (SSSR count). The van der Waals surface area contributed by atoms with Crippen molar-refractivity contribution >= 4 is 32.7 Å². The van der Waals surface area contributed by atoms with Gasteiger partial charge in [-0.25, -0.2) is 0 Å². The molecule has 0 N–H and O–H groups in total. The van der Waals surface area contributed by atoms with Crippen molar-refractivity contribution in [2.75, 3.05) is 13.6 Å². The van der Waals surface area contributed by atoms with Crippen molar-refractivity contribution in [2.24, 2.45) is 0 Å². The topological polar surface area (TPSA) is 67.1 Å². The summed E-state index contributed by atoms with van der Waals surface area (Å²) in [5.41, 5.74) is 0.800. The van der Waals surface area contributed by atoms with Crippen LogP contribution < -0.4 is 24.4 Å². The van der Waals surface area contributed by atoms with E-state index in [1.165, 1.54) is 0 Å². The van der Waals surface area contributed by atoms with Crippen LogP contribution in [0.15, 0.2) is 45.6 Å². The number of fused-ring (bicyclic) bond motifs is 6. The van der Waals surface area contributed by atoms with Gasteiger partial charge >= 0.3 is 0 Å². The van der Waals surface area contributed by atoms with Crippen molar-refractivity contribution in [3.63, 3.8) is 0 Å². The average Bonchev–Trinajstić information content (AvgIpc) is 3.27. The van der Waals surface area contributed by atoms with Crippen LogP contribution in [0, 0.1) is 0 Å². The zero-order chi connectivity index (χ0) is 16.5. The lowest BCUT2D eigenvalue weighted by Crippen LogP contribution is -2.02. The number of rotatable bonds is 0. The number of hydrogen-bond acceptors (Lipinski definition) is 6. The third-order valence-corrected chi connectivity index (χ3v) is 4.63. The Morgan fingerprint density at radius 3 is 2.28 bits per heavy atom. The predicted octanol–water partition coefficient (Wildman–Crippen LogP) is 3.56. The third-order valence-electron chi connectivity index (χ3n) is 4.63. The van der Waals surface area contributed by atoms with Crippen LogP contribution in [0.4, 0.5) is 0 Å². The van der Waals surface area contributed by atoms with Crippen LogP contribution in [0.1, 0.15) is 0 Å². The molecular weight excluding hydrogens is 324 g/mol.